The SMILES string of the molecule is COc1ccc2c(Cl)c(C#N)sc2c1. The number of halogens is 1. The molecule has 0 bridgehead atoms. The molecule has 0 aliphatic rings. The second kappa shape index (κ2) is 3.49. The number of hydrogen-bond acceptors (Lipinski definition) is 3. The topological polar surface area (TPSA) is 33.0 Å². The van der Waals surface area contributed by atoms with Crippen LogP contribution in [0.5, 0.6) is 5.75 Å². The zero-order valence-corrected chi connectivity index (χ0v) is 8.95. The molecular weight excluding hydrogens is 218 g/mol. The van der Waals surface area contributed by atoms with Crippen molar-refractivity contribution in [2.45, 2.75) is 0 Å². The maximum Gasteiger partial charge on any atom is 0.124 e. The minimum absolute atomic E-state index is 0.537. The Morgan fingerprint density at radius 1 is 1.50 bits per heavy atom. The summed E-state index contributed by atoms with van der Waals surface area (Å²) in [5.74, 6) is 0.778. The number of hydrogen-bond donors (Lipinski definition) is 0. The number of benzene rings is 1. The van der Waals surface area contributed by atoms with Gasteiger partial charge in [0.25, 0.3) is 0 Å². The average Bonchev–Trinajstić information content (AvgIpc) is 2.55. The van der Waals surface area contributed by atoms with Crippen molar-refractivity contribution in [3.8, 4) is 11.8 Å². The normalized spacial score (nSPS) is 10.1. The van der Waals surface area contributed by atoms with Crippen LogP contribution in [0.4, 0.5) is 0 Å². The Balaban J connectivity index is 2.74. The van der Waals surface area contributed by atoms with Crippen molar-refractivity contribution in [3.63, 3.8) is 0 Å². The molecule has 0 atom stereocenters. The third-order valence-electron chi connectivity index (χ3n) is 1.94. The predicted molar refractivity (Wildman–Crippen MR) is 58.1 cm³/mol. The first-order chi connectivity index (χ1) is 6.76. The predicted octanol–water partition coefficient (Wildman–Crippen LogP) is 3.43. The Hall–Kier alpha value is -1.24. The van der Waals surface area contributed by atoms with Crippen LogP contribution in [0.25, 0.3) is 10.1 Å². The molecule has 0 fully saturated rings. The van der Waals surface area contributed by atoms with Gasteiger partial charge in [-0.3, -0.25) is 0 Å². The minimum atomic E-state index is 0.537. The van der Waals surface area contributed by atoms with Gasteiger partial charge >= 0.3 is 0 Å². The van der Waals surface area contributed by atoms with Crippen LogP contribution in [0.3, 0.4) is 0 Å². The lowest BCUT2D eigenvalue weighted by Gasteiger charge is -1.97. The fourth-order valence-corrected chi connectivity index (χ4v) is 2.54. The standard InChI is InChI=1S/C10H6ClNOS/c1-13-6-2-3-7-8(4-6)14-9(5-12)10(7)11/h2-4H,1H3. The van der Waals surface area contributed by atoms with Crippen molar-refractivity contribution in [2.24, 2.45) is 0 Å². The van der Waals surface area contributed by atoms with Gasteiger partial charge in [-0.25, -0.2) is 0 Å². The Morgan fingerprint density at radius 3 is 2.93 bits per heavy atom. The Labute approximate surface area is 90.3 Å². The molecule has 0 aliphatic heterocycles. The van der Waals surface area contributed by atoms with E-state index in [0.717, 1.165) is 15.8 Å². The van der Waals surface area contributed by atoms with Crippen molar-refractivity contribution in [2.75, 3.05) is 7.11 Å². The second-order valence-corrected chi connectivity index (χ2v) is 4.15. The van der Waals surface area contributed by atoms with Crippen LogP contribution < -0.4 is 4.74 Å². The zero-order chi connectivity index (χ0) is 10.1. The van der Waals surface area contributed by atoms with E-state index in [4.69, 9.17) is 21.6 Å². The summed E-state index contributed by atoms with van der Waals surface area (Å²) in [5.41, 5.74) is 0. The van der Waals surface area contributed by atoms with Gasteiger partial charge in [-0.1, -0.05) is 11.6 Å². The van der Waals surface area contributed by atoms with Gasteiger partial charge in [-0.2, -0.15) is 5.26 Å². The molecule has 70 valence electrons. The van der Waals surface area contributed by atoms with Crippen LogP contribution in [0.15, 0.2) is 18.2 Å². The van der Waals surface area contributed by atoms with Crippen LogP contribution >= 0.6 is 22.9 Å². The Morgan fingerprint density at radius 2 is 2.29 bits per heavy atom. The van der Waals surface area contributed by atoms with Gasteiger partial charge in [0.2, 0.25) is 0 Å². The summed E-state index contributed by atoms with van der Waals surface area (Å²) in [5, 5.41) is 10.2. The summed E-state index contributed by atoms with van der Waals surface area (Å²) in [6.07, 6.45) is 0. The molecule has 0 radical (unpaired) electrons. The van der Waals surface area contributed by atoms with Gasteiger partial charge in [0.1, 0.15) is 16.7 Å². The molecule has 0 unspecified atom stereocenters. The van der Waals surface area contributed by atoms with E-state index in [2.05, 4.69) is 6.07 Å². The number of rotatable bonds is 1. The lowest BCUT2D eigenvalue weighted by molar-refractivity contribution is 0.415. The molecule has 0 N–H and O–H groups in total. The fraction of sp³-hybridized carbons (Fsp3) is 0.100. The highest BCUT2D eigenvalue weighted by Gasteiger charge is 2.09. The maximum atomic E-state index is 8.79. The van der Waals surface area contributed by atoms with Crippen molar-refractivity contribution in [3.05, 3.63) is 28.1 Å². The van der Waals surface area contributed by atoms with Gasteiger partial charge in [0.15, 0.2) is 0 Å². The zero-order valence-electron chi connectivity index (χ0n) is 7.37. The number of thiophene rings is 1. The third-order valence-corrected chi connectivity index (χ3v) is 3.50. The van der Waals surface area contributed by atoms with E-state index in [1.807, 2.05) is 18.2 Å². The van der Waals surface area contributed by atoms with Crippen molar-refractivity contribution < 1.29 is 4.74 Å². The monoisotopic (exact) mass is 223 g/mol. The Bertz CT molecular complexity index is 527. The molecule has 2 aromatic rings. The molecule has 14 heavy (non-hydrogen) atoms. The average molecular weight is 224 g/mol. The highest BCUT2D eigenvalue weighted by molar-refractivity contribution is 7.20. The summed E-state index contributed by atoms with van der Waals surface area (Å²) in [6, 6.07) is 7.65. The first-order valence-electron chi connectivity index (χ1n) is 3.92. The molecule has 1 aromatic carbocycles. The molecule has 4 heteroatoms. The summed E-state index contributed by atoms with van der Waals surface area (Å²) in [7, 11) is 1.61. The fourth-order valence-electron chi connectivity index (χ4n) is 1.24. The Kier molecular flexibility index (Phi) is 2.32. The molecule has 2 nitrogen and oxygen atoms in total. The van der Waals surface area contributed by atoms with Crippen LogP contribution in [-0.4, -0.2) is 7.11 Å². The first kappa shape index (κ1) is 9.32. The van der Waals surface area contributed by atoms with Crippen molar-refractivity contribution >= 4 is 33.0 Å². The third kappa shape index (κ3) is 1.33. The van der Waals surface area contributed by atoms with Gasteiger partial charge in [-0.15, -0.1) is 11.3 Å². The van der Waals surface area contributed by atoms with Gasteiger partial charge < -0.3 is 4.74 Å². The summed E-state index contributed by atoms with van der Waals surface area (Å²) >= 11 is 7.38. The highest BCUT2D eigenvalue weighted by atomic mass is 35.5. The van der Waals surface area contributed by atoms with Crippen molar-refractivity contribution in [1.82, 2.24) is 0 Å². The number of ether oxygens (including phenoxy) is 1. The number of nitrogens with zero attached hydrogens (tertiary/aromatic N) is 1. The highest BCUT2D eigenvalue weighted by Crippen LogP contribution is 2.36. The first-order valence-corrected chi connectivity index (χ1v) is 5.12. The molecule has 0 saturated carbocycles. The van der Waals surface area contributed by atoms with Gasteiger partial charge in [0, 0.05) is 10.1 Å². The number of nitriles is 1. The van der Waals surface area contributed by atoms with E-state index in [0.29, 0.717) is 9.90 Å². The van der Waals surface area contributed by atoms with Crippen LogP contribution in [0, 0.1) is 11.3 Å². The summed E-state index contributed by atoms with van der Waals surface area (Å²) in [6.45, 7) is 0. The van der Waals surface area contributed by atoms with E-state index in [1.165, 1.54) is 11.3 Å². The molecule has 2 rings (SSSR count). The smallest absolute Gasteiger partial charge is 0.124 e. The van der Waals surface area contributed by atoms with Gasteiger partial charge in [-0.05, 0) is 18.2 Å². The van der Waals surface area contributed by atoms with Crippen molar-refractivity contribution in [1.29, 1.82) is 5.26 Å². The number of fused-ring (bicyclic) bond motifs is 1. The largest absolute Gasteiger partial charge is 0.497 e. The molecular formula is C10H6ClNOS. The lowest BCUT2D eigenvalue weighted by atomic mass is 10.2. The van der Waals surface area contributed by atoms with E-state index in [9.17, 15) is 0 Å². The van der Waals surface area contributed by atoms with E-state index < -0.39 is 0 Å². The molecule has 0 amide bonds. The summed E-state index contributed by atoms with van der Waals surface area (Å²) in [4.78, 5) is 0.551. The second-order valence-electron chi connectivity index (χ2n) is 2.72. The molecule has 0 saturated heterocycles. The van der Waals surface area contributed by atoms with E-state index in [1.54, 1.807) is 7.11 Å². The van der Waals surface area contributed by atoms with Crippen LogP contribution in [0.2, 0.25) is 5.02 Å². The molecule has 1 heterocycles. The van der Waals surface area contributed by atoms with E-state index >= 15 is 0 Å². The van der Waals surface area contributed by atoms with Gasteiger partial charge in [0.05, 0.1) is 12.1 Å². The minimum Gasteiger partial charge on any atom is -0.497 e. The summed E-state index contributed by atoms with van der Waals surface area (Å²) < 4.78 is 6.06. The lowest BCUT2D eigenvalue weighted by Crippen LogP contribution is -1.79. The van der Waals surface area contributed by atoms with Crippen LogP contribution in [-0.2, 0) is 0 Å². The molecule has 0 aliphatic carbocycles. The quantitative estimate of drug-likeness (QED) is 0.742. The molecule has 1 aromatic heterocycles. The molecule has 0 spiro atoms. The number of methoxy groups -OCH3 is 1. The van der Waals surface area contributed by atoms with E-state index in [-0.39, 0.29) is 0 Å². The maximum absolute atomic E-state index is 8.79. The van der Waals surface area contributed by atoms with Crippen LogP contribution in [0.1, 0.15) is 4.88 Å².